The van der Waals surface area contributed by atoms with Gasteiger partial charge in [-0.05, 0) is 26.5 Å². The highest BCUT2D eigenvalue weighted by Crippen LogP contribution is 2.19. The van der Waals surface area contributed by atoms with E-state index in [2.05, 4.69) is 15.4 Å². The summed E-state index contributed by atoms with van der Waals surface area (Å²) in [6.07, 6.45) is 2.11. The van der Waals surface area contributed by atoms with Crippen molar-refractivity contribution in [2.45, 2.75) is 39.0 Å². The van der Waals surface area contributed by atoms with Crippen molar-refractivity contribution >= 4 is 17.7 Å². The molecular weight excluding hydrogens is 290 g/mol. The first kappa shape index (κ1) is 16.3. The third-order valence-electron chi connectivity index (χ3n) is 3.85. The summed E-state index contributed by atoms with van der Waals surface area (Å²) in [7, 11) is 0. The molecular formula is C14H23N3O3S. The molecule has 2 heterocycles. The number of carbonyl (C=O) groups is 1. The molecule has 21 heavy (non-hydrogen) atoms. The Morgan fingerprint density at radius 3 is 2.90 bits per heavy atom. The number of likely N-dealkylation sites (tertiary alicyclic amines) is 1. The summed E-state index contributed by atoms with van der Waals surface area (Å²) in [5.41, 5.74) is 1.99. The molecule has 1 amide bonds. The van der Waals surface area contributed by atoms with Gasteiger partial charge in [0.1, 0.15) is 5.76 Å². The molecule has 0 radical (unpaired) electrons. The van der Waals surface area contributed by atoms with Gasteiger partial charge in [0, 0.05) is 25.2 Å². The first-order chi connectivity index (χ1) is 10.0. The summed E-state index contributed by atoms with van der Waals surface area (Å²) >= 11 is 1.48. The highest BCUT2D eigenvalue weighted by molar-refractivity contribution is 7.99. The number of aliphatic hydroxyl groups is 1. The number of aliphatic hydroxyl groups excluding tert-OH is 1. The van der Waals surface area contributed by atoms with Gasteiger partial charge in [-0.2, -0.15) is 11.8 Å². The first-order valence-corrected chi connectivity index (χ1v) is 8.51. The number of nitrogens with zero attached hydrogens (tertiary/aromatic N) is 2. The molecule has 6 nitrogen and oxygen atoms in total. The summed E-state index contributed by atoms with van der Waals surface area (Å²) in [6, 6.07) is -0.148. The van der Waals surface area contributed by atoms with Crippen molar-refractivity contribution in [1.29, 1.82) is 0 Å². The summed E-state index contributed by atoms with van der Waals surface area (Å²) in [5, 5.41) is 17.1. The van der Waals surface area contributed by atoms with Gasteiger partial charge in [-0.3, -0.25) is 9.69 Å². The molecule has 0 aromatic carbocycles. The number of aryl methyl sites for hydroxylation is 2. The molecule has 118 valence electrons. The summed E-state index contributed by atoms with van der Waals surface area (Å²) < 4.78 is 5.17. The van der Waals surface area contributed by atoms with Crippen molar-refractivity contribution < 1.29 is 14.4 Å². The molecule has 1 saturated heterocycles. The largest absolute Gasteiger partial charge is 0.390 e. The minimum absolute atomic E-state index is 0.00859. The van der Waals surface area contributed by atoms with Crippen LogP contribution in [0.3, 0.4) is 0 Å². The smallest absolute Gasteiger partial charge is 0.230 e. The molecule has 2 atom stereocenters. The second-order valence-electron chi connectivity index (χ2n) is 5.50. The van der Waals surface area contributed by atoms with E-state index >= 15 is 0 Å². The molecule has 0 saturated carbocycles. The Labute approximate surface area is 129 Å². The molecule has 2 N–H and O–H groups in total. The van der Waals surface area contributed by atoms with E-state index in [1.54, 1.807) is 0 Å². The monoisotopic (exact) mass is 313 g/mol. The molecule has 0 unspecified atom stereocenters. The zero-order valence-corrected chi connectivity index (χ0v) is 13.6. The van der Waals surface area contributed by atoms with E-state index in [9.17, 15) is 9.90 Å². The second kappa shape index (κ2) is 7.29. The van der Waals surface area contributed by atoms with Gasteiger partial charge in [-0.1, -0.05) is 5.16 Å². The molecule has 0 aliphatic carbocycles. The first-order valence-electron chi connectivity index (χ1n) is 7.11. The third-order valence-corrected chi connectivity index (χ3v) is 4.40. The van der Waals surface area contributed by atoms with Crippen LogP contribution in [-0.4, -0.2) is 58.3 Å². The van der Waals surface area contributed by atoms with Gasteiger partial charge in [0.05, 0.1) is 23.6 Å². The molecule has 1 aliphatic rings. The van der Waals surface area contributed by atoms with Crippen LogP contribution < -0.4 is 5.32 Å². The molecule has 1 aromatic rings. The second-order valence-corrected chi connectivity index (χ2v) is 6.37. The average Bonchev–Trinajstić information content (AvgIpc) is 2.74. The maximum atomic E-state index is 11.6. The Morgan fingerprint density at radius 2 is 2.33 bits per heavy atom. The van der Waals surface area contributed by atoms with Gasteiger partial charge < -0.3 is 14.9 Å². The van der Waals surface area contributed by atoms with Crippen LogP contribution in [-0.2, 0) is 11.3 Å². The normalized spacial score (nSPS) is 23.2. The van der Waals surface area contributed by atoms with E-state index in [0.29, 0.717) is 12.3 Å². The number of carbonyl (C=O) groups excluding carboxylic acids is 1. The van der Waals surface area contributed by atoms with Crippen molar-refractivity contribution in [2.24, 2.45) is 0 Å². The predicted octanol–water partition coefficient (Wildman–Crippen LogP) is 0.706. The topological polar surface area (TPSA) is 78.6 Å². The lowest BCUT2D eigenvalue weighted by Gasteiger charge is -2.36. The number of piperidine rings is 1. The fourth-order valence-corrected chi connectivity index (χ4v) is 2.99. The molecule has 1 aliphatic heterocycles. The Morgan fingerprint density at radius 1 is 1.57 bits per heavy atom. The summed E-state index contributed by atoms with van der Waals surface area (Å²) in [5.74, 6) is 1.26. The maximum absolute atomic E-state index is 11.6. The lowest BCUT2D eigenvalue weighted by molar-refractivity contribution is -0.120. The number of rotatable bonds is 5. The Balaban J connectivity index is 1.87. The number of aromatic nitrogens is 1. The summed E-state index contributed by atoms with van der Waals surface area (Å²) in [6.45, 7) is 5.95. The minimum atomic E-state index is -0.537. The standard InChI is InChI=1S/C14H23N3O3S/c1-9-11(10(2)20-16-9)6-17-5-4-12(13(18)7-17)15-14(19)8-21-3/h12-13,18H,4-8H2,1-3H3,(H,15,19)/t12-,13-/m1/s1. The van der Waals surface area contributed by atoms with Crippen molar-refractivity contribution in [1.82, 2.24) is 15.4 Å². The molecule has 1 fully saturated rings. The van der Waals surface area contributed by atoms with Crippen molar-refractivity contribution in [3.05, 3.63) is 17.0 Å². The van der Waals surface area contributed by atoms with E-state index < -0.39 is 6.10 Å². The lowest BCUT2D eigenvalue weighted by Crippen LogP contribution is -2.54. The Bertz CT molecular complexity index is 472. The fourth-order valence-electron chi connectivity index (χ4n) is 2.64. The van der Waals surface area contributed by atoms with E-state index in [1.807, 2.05) is 20.1 Å². The number of hydrogen-bond acceptors (Lipinski definition) is 6. The number of hydrogen-bond donors (Lipinski definition) is 2. The van der Waals surface area contributed by atoms with Gasteiger partial charge in [-0.25, -0.2) is 0 Å². The Kier molecular flexibility index (Phi) is 5.66. The van der Waals surface area contributed by atoms with Crippen LogP contribution in [0.1, 0.15) is 23.4 Å². The highest BCUT2D eigenvalue weighted by Gasteiger charge is 2.29. The van der Waals surface area contributed by atoms with Crippen LogP contribution in [0.4, 0.5) is 0 Å². The van der Waals surface area contributed by atoms with E-state index in [0.717, 1.165) is 36.5 Å². The van der Waals surface area contributed by atoms with Crippen LogP contribution in [0.25, 0.3) is 0 Å². The van der Waals surface area contributed by atoms with Gasteiger partial charge in [0.25, 0.3) is 0 Å². The van der Waals surface area contributed by atoms with E-state index in [-0.39, 0.29) is 11.9 Å². The van der Waals surface area contributed by atoms with Crippen LogP contribution in [0.15, 0.2) is 4.52 Å². The zero-order chi connectivity index (χ0) is 15.4. The van der Waals surface area contributed by atoms with Gasteiger partial charge in [0.2, 0.25) is 5.91 Å². The van der Waals surface area contributed by atoms with E-state index in [4.69, 9.17) is 4.52 Å². The quantitative estimate of drug-likeness (QED) is 0.833. The van der Waals surface area contributed by atoms with Crippen LogP contribution >= 0.6 is 11.8 Å². The average molecular weight is 313 g/mol. The molecule has 7 heteroatoms. The number of β-amino-alcohol motifs (C(OH)–C–C–N with tert-alkyl or cyclic N) is 1. The van der Waals surface area contributed by atoms with E-state index in [1.165, 1.54) is 11.8 Å². The fraction of sp³-hybridized carbons (Fsp3) is 0.714. The highest BCUT2D eigenvalue weighted by atomic mass is 32.2. The molecule has 1 aromatic heterocycles. The van der Waals surface area contributed by atoms with Crippen molar-refractivity contribution in [3.63, 3.8) is 0 Å². The lowest BCUT2D eigenvalue weighted by atomic mass is 10.0. The Hall–Kier alpha value is -1.05. The predicted molar refractivity (Wildman–Crippen MR) is 82.2 cm³/mol. The molecule has 0 spiro atoms. The van der Waals surface area contributed by atoms with Crippen LogP contribution in [0.2, 0.25) is 0 Å². The van der Waals surface area contributed by atoms with Crippen molar-refractivity contribution in [2.75, 3.05) is 25.1 Å². The minimum Gasteiger partial charge on any atom is -0.390 e. The van der Waals surface area contributed by atoms with Crippen molar-refractivity contribution in [3.8, 4) is 0 Å². The van der Waals surface area contributed by atoms with Gasteiger partial charge in [0.15, 0.2) is 0 Å². The van der Waals surface area contributed by atoms with Crippen LogP contribution in [0.5, 0.6) is 0 Å². The number of amides is 1. The third kappa shape index (κ3) is 4.21. The SMILES string of the molecule is CSCC(=O)N[C@@H]1CCN(Cc2c(C)noc2C)C[C@H]1O. The van der Waals surface area contributed by atoms with Gasteiger partial charge in [-0.15, -0.1) is 0 Å². The number of nitrogens with one attached hydrogen (secondary N) is 1. The molecule has 0 bridgehead atoms. The maximum Gasteiger partial charge on any atom is 0.230 e. The summed E-state index contributed by atoms with van der Waals surface area (Å²) in [4.78, 5) is 13.8. The van der Waals surface area contributed by atoms with Crippen LogP contribution in [0, 0.1) is 13.8 Å². The van der Waals surface area contributed by atoms with Gasteiger partial charge >= 0.3 is 0 Å². The molecule has 2 rings (SSSR count). The number of thioether (sulfide) groups is 1. The zero-order valence-electron chi connectivity index (χ0n) is 12.8.